The molecule has 0 bridgehead atoms. The number of benzene rings is 1. The molecule has 2 rings (SSSR count). The highest BCUT2D eigenvalue weighted by atomic mass is 16.8. The fraction of sp³-hybridized carbons (Fsp3) is 0.250. The van der Waals surface area contributed by atoms with Crippen LogP contribution in [0.5, 0.6) is 5.88 Å². The van der Waals surface area contributed by atoms with Crippen molar-refractivity contribution in [3.8, 4) is 17.1 Å². The standard InChI is InChI=1S/C12H12N2O4/c1-3-17-12-11(14(16)18-13-12)10-6-4-9(5-7-10)8(2)15/h4-7H,3H2,1-2H3. The quantitative estimate of drug-likeness (QED) is 0.606. The molecule has 0 amide bonds. The van der Waals surface area contributed by atoms with Crippen molar-refractivity contribution >= 4 is 5.78 Å². The number of hydrogen-bond acceptors (Lipinski definition) is 5. The van der Waals surface area contributed by atoms with Gasteiger partial charge in [-0.05, 0) is 30.9 Å². The Morgan fingerprint density at radius 1 is 1.44 bits per heavy atom. The summed E-state index contributed by atoms with van der Waals surface area (Å²) in [6.45, 7) is 3.64. The maximum absolute atomic E-state index is 11.5. The third kappa shape index (κ3) is 2.17. The van der Waals surface area contributed by atoms with Gasteiger partial charge < -0.3 is 9.94 Å². The summed E-state index contributed by atoms with van der Waals surface area (Å²) in [4.78, 5) is 11.4. The van der Waals surface area contributed by atoms with E-state index in [-0.39, 0.29) is 22.3 Å². The topological polar surface area (TPSA) is 79.3 Å². The molecular formula is C12H12N2O4. The van der Waals surface area contributed by atoms with E-state index in [0.717, 1.165) is 0 Å². The maximum atomic E-state index is 11.5. The van der Waals surface area contributed by atoms with Crippen molar-refractivity contribution in [2.75, 3.05) is 6.61 Å². The Morgan fingerprint density at radius 3 is 2.67 bits per heavy atom. The fourth-order valence-corrected chi connectivity index (χ4v) is 1.56. The zero-order chi connectivity index (χ0) is 13.1. The Morgan fingerprint density at radius 2 is 2.11 bits per heavy atom. The molecule has 6 heteroatoms. The number of ketones is 1. The van der Waals surface area contributed by atoms with E-state index in [1.807, 2.05) is 0 Å². The molecule has 94 valence electrons. The first-order chi connectivity index (χ1) is 8.63. The second kappa shape index (κ2) is 4.87. The number of aromatic nitrogens is 2. The molecule has 0 unspecified atom stereocenters. The molecule has 1 aromatic heterocycles. The molecule has 0 radical (unpaired) electrons. The number of nitrogens with zero attached hydrogens (tertiary/aromatic N) is 2. The molecule has 2 aromatic rings. The lowest BCUT2D eigenvalue weighted by molar-refractivity contribution is -0.793. The number of hydrogen-bond donors (Lipinski definition) is 0. The minimum absolute atomic E-state index is 0.0353. The predicted molar refractivity (Wildman–Crippen MR) is 62.1 cm³/mol. The zero-order valence-corrected chi connectivity index (χ0v) is 10.0. The van der Waals surface area contributed by atoms with Gasteiger partial charge in [0.2, 0.25) is 0 Å². The van der Waals surface area contributed by atoms with E-state index < -0.39 is 0 Å². The Kier molecular flexibility index (Phi) is 3.27. The number of rotatable bonds is 4. The monoisotopic (exact) mass is 248 g/mol. The van der Waals surface area contributed by atoms with Crippen LogP contribution in [0.4, 0.5) is 0 Å². The van der Waals surface area contributed by atoms with Crippen molar-refractivity contribution in [3.63, 3.8) is 0 Å². The van der Waals surface area contributed by atoms with Crippen molar-refractivity contribution in [1.82, 2.24) is 5.16 Å². The minimum Gasteiger partial charge on any atom is -0.455 e. The van der Waals surface area contributed by atoms with Crippen LogP contribution in [0.15, 0.2) is 28.9 Å². The molecule has 6 nitrogen and oxygen atoms in total. The third-order valence-corrected chi connectivity index (χ3v) is 2.43. The number of ether oxygens (including phenoxy) is 1. The molecule has 0 saturated heterocycles. The minimum atomic E-state index is -0.0353. The van der Waals surface area contributed by atoms with E-state index in [0.29, 0.717) is 17.7 Å². The van der Waals surface area contributed by atoms with Crippen LogP contribution in [0, 0.1) is 5.21 Å². The van der Waals surface area contributed by atoms with E-state index in [1.165, 1.54) is 6.92 Å². The molecule has 1 aromatic carbocycles. The van der Waals surface area contributed by atoms with E-state index in [4.69, 9.17) is 4.74 Å². The molecule has 0 aliphatic rings. The Balaban J connectivity index is 2.41. The molecule has 18 heavy (non-hydrogen) atoms. The van der Waals surface area contributed by atoms with Gasteiger partial charge in [-0.3, -0.25) is 9.42 Å². The predicted octanol–water partition coefficient (Wildman–Crippen LogP) is 1.58. The van der Waals surface area contributed by atoms with Gasteiger partial charge in [0.05, 0.1) is 11.8 Å². The highest BCUT2D eigenvalue weighted by Crippen LogP contribution is 2.25. The van der Waals surface area contributed by atoms with Crippen molar-refractivity contribution in [1.29, 1.82) is 0 Å². The first-order valence-electron chi connectivity index (χ1n) is 5.47. The summed E-state index contributed by atoms with van der Waals surface area (Å²) in [5.41, 5.74) is 1.36. The number of Topliss-reactive ketones (excluding diaryl/α,β-unsaturated/α-hetero) is 1. The molecule has 0 aliphatic carbocycles. The van der Waals surface area contributed by atoms with E-state index in [1.54, 1.807) is 31.2 Å². The summed E-state index contributed by atoms with van der Waals surface area (Å²) >= 11 is 0. The first-order valence-corrected chi connectivity index (χ1v) is 5.47. The van der Waals surface area contributed by atoms with E-state index in [9.17, 15) is 10.0 Å². The van der Waals surface area contributed by atoms with Crippen LogP contribution in [0.25, 0.3) is 11.3 Å². The maximum Gasteiger partial charge on any atom is 0.402 e. The largest absolute Gasteiger partial charge is 0.455 e. The van der Waals surface area contributed by atoms with Gasteiger partial charge in [-0.2, -0.15) is 0 Å². The number of carbonyl (C=O) groups excluding carboxylic acids is 1. The van der Waals surface area contributed by atoms with E-state index in [2.05, 4.69) is 9.79 Å². The zero-order valence-electron chi connectivity index (χ0n) is 10.0. The average Bonchev–Trinajstić information content (AvgIpc) is 2.71. The van der Waals surface area contributed by atoms with Crippen LogP contribution in [0.1, 0.15) is 24.2 Å². The Hall–Kier alpha value is -2.37. The lowest BCUT2D eigenvalue weighted by Gasteiger charge is -2.00. The second-order valence-corrected chi connectivity index (χ2v) is 3.65. The van der Waals surface area contributed by atoms with Gasteiger partial charge in [0.1, 0.15) is 0 Å². The van der Waals surface area contributed by atoms with Gasteiger partial charge in [-0.15, -0.1) is 0 Å². The van der Waals surface area contributed by atoms with Crippen LogP contribution >= 0.6 is 0 Å². The Labute approximate surface area is 103 Å². The molecule has 0 atom stereocenters. The molecule has 0 saturated carbocycles. The third-order valence-electron chi connectivity index (χ3n) is 2.43. The summed E-state index contributed by atoms with van der Waals surface area (Å²) < 4.78 is 9.70. The lowest BCUT2D eigenvalue weighted by atomic mass is 10.1. The number of carbonyl (C=O) groups is 1. The Bertz CT molecular complexity index is 560. The lowest BCUT2D eigenvalue weighted by Crippen LogP contribution is -2.25. The van der Waals surface area contributed by atoms with Gasteiger partial charge in [0.15, 0.2) is 5.78 Å². The van der Waals surface area contributed by atoms with Gasteiger partial charge in [0, 0.05) is 11.1 Å². The van der Waals surface area contributed by atoms with Crippen LogP contribution < -0.4 is 9.64 Å². The van der Waals surface area contributed by atoms with Crippen LogP contribution in [0.2, 0.25) is 0 Å². The highest BCUT2D eigenvalue weighted by molar-refractivity contribution is 5.94. The molecular weight excluding hydrogens is 236 g/mol. The molecule has 0 spiro atoms. The molecule has 0 N–H and O–H groups in total. The highest BCUT2D eigenvalue weighted by Gasteiger charge is 2.22. The summed E-state index contributed by atoms with van der Waals surface area (Å²) in [5, 5.41) is 15.0. The smallest absolute Gasteiger partial charge is 0.402 e. The molecule has 0 fully saturated rings. The van der Waals surface area contributed by atoms with Crippen molar-refractivity contribution in [2.24, 2.45) is 0 Å². The van der Waals surface area contributed by atoms with Crippen LogP contribution in [-0.2, 0) is 0 Å². The van der Waals surface area contributed by atoms with Crippen molar-refractivity contribution < 1.29 is 19.1 Å². The molecule has 0 aliphatic heterocycles. The first kappa shape index (κ1) is 12.1. The van der Waals surface area contributed by atoms with Gasteiger partial charge >= 0.3 is 5.88 Å². The normalized spacial score (nSPS) is 10.3. The fourth-order valence-electron chi connectivity index (χ4n) is 1.56. The summed E-state index contributed by atoms with van der Waals surface area (Å²) in [7, 11) is 0. The second-order valence-electron chi connectivity index (χ2n) is 3.65. The van der Waals surface area contributed by atoms with Crippen LogP contribution in [-0.4, -0.2) is 17.5 Å². The summed E-state index contributed by atoms with van der Waals surface area (Å²) in [6.07, 6.45) is 0. The van der Waals surface area contributed by atoms with Crippen molar-refractivity contribution in [3.05, 3.63) is 35.0 Å². The molecule has 1 heterocycles. The van der Waals surface area contributed by atoms with E-state index >= 15 is 0 Å². The summed E-state index contributed by atoms with van der Waals surface area (Å²) in [6, 6.07) is 6.58. The average molecular weight is 248 g/mol. The van der Waals surface area contributed by atoms with Crippen LogP contribution in [0.3, 0.4) is 0 Å². The van der Waals surface area contributed by atoms with Gasteiger partial charge in [0.25, 0.3) is 5.69 Å². The SMILES string of the molecule is CCOc1no[n+]([O-])c1-c1ccc(C(C)=O)cc1. The van der Waals surface area contributed by atoms with Crippen molar-refractivity contribution in [2.45, 2.75) is 13.8 Å². The summed E-state index contributed by atoms with van der Waals surface area (Å²) in [5.74, 6) is 0.106. The van der Waals surface area contributed by atoms with Gasteiger partial charge in [-0.1, -0.05) is 12.1 Å². The van der Waals surface area contributed by atoms with Gasteiger partial charge in [-0.25, -0.2) is 0 Å².